The standard InChI is InChI=1S/C14H16ClF3N2/c1-9(19)10-2-3-13(12(15)8-10)20-6-4-11(5-7-20)14(16,17)18/h2-4,8-9H,5-7,19H2,1H3/t9-/m1/s1. The Morgan fingerprint density at radius 3 is 2.50 bits per heavy atom. The summed E-state index contributed by atoms with van der Waals surface area (Å²) in [6, 6.07) is 5.31. The Morgan fingerprint density at radius 1 is 1.35 bits per heavy atom. The van der Waals surface area contributed by atoms with E-state index < -0.39 is 11.7 Å². The molecule has 2 rings (SSSR count). The first-order valence-electron chi connectivity index (χ1n) is 6.35. The van der Waals surface area contributed by atoms with Crippen molar-refractivity contribution in [1.29, 1.82) is 0 Å². The first kappa shape index (κ1) is 15.2. The molecule has 0 saturated heterocycles. The summed E-state index contributed by atoms with van der Waals surface area (Å²) in [6.07, 6.45) is -3.02. The van der Waals surface area contributed by atoms with E-state index in [-0.39, 0.29) is 19.0 Å². The van der Waals surface area contributed by atoms with Crippen molar-refractivity contribution in [3.8, 4) is 0 Å². The van der Waals surface area contributed by atoms with E-state index in [2.05, 4.69) is 0 Å². The van der Waals surface area contributed by atoms with Crippen LogP contribution in [0.4, 0.5) is 18.9 Å². The third kappa shape index (κ3) is 3.27. The Hall–Kier alpha value is -1.20. The highest BCUT2D eigenvalue weighted by molar-refractivity contribution is 6.33. The summed E-state index contributed by atoms with van der Waals surface area (Å²) in [4.78, 5) is 1.84. The number of nitrogens with two attached hydrogens (primary N) is 1. The predicted octanol–water partition coefficient (Wildman–Crippen LogP) is 4.06. The second kappa shape index (κ2) is 5.66. The fourth-order valence-electron chi connectivity index (χ4n) is 2.21. The third-order valence-corrected chi connectivity index (χ3v) is 3.71. The minimum atomic E-state index is -4.23. The van der Waals surface area contributed by atoms with Crippen LogP contribution in [0.15, 0.2) is 29.8 Å². The van der Waals surface area contributed by atoms with E-state index in [1.165, 1.54) is 6.08 Å². The van der Waals surface area contributed by atoms with Gasteiger partial charge in [-0.25, -0.2) is 0 Å². The van der Waals surface area contributed by atoms with Gasteiger partial charge in [-0.1, -0.05) is 23.7 Å². The Balaban J connectivity index is 2.17. The van der Waals surface area contributed by atoms with E-state index in [1.807, 2.05) is 24.0 Å². The smallest absolute Gasteiger partial charge is 0.366 e. The van der Waals surface area contributed by atoms with Gasteiger partial charge in [-0.05, 0) is 31.0 Å². The van der Waals surface area contributed by atoms with E-state index in [4.69, 9.17) is 17.3 Å². The molecule has 0 radical (unpaired) electrons. The molecule has 0 saturated carbocycles. The van der Waals surface area contributed by atoms with Gasteiger partial charge in [-0.15, -0.1) is 0 Å². The summed E-state index contributed by atoms with van der Waals surface area (Å²) >= 11 is 6.19. The molecule has 0 unspecified atom stereocenters. The fraction of sp³-hybridized carbons (Fsp3) is 0.429. The van der Waals surface area contributed by atoms with Gasteiger partial charge in [0.05, 0.1) is 10.7 Å². The average molecular weight is 305 g/mol. The van der Waals surface area contributed by atoms with E-state index in [9.17, 15) is 13.2 Å². The zero-order valence-corrected chi connectivity index (χ0v) is 11.8. The summed E-state index contributed by atoms with van der Waals surface area (Å²) in [6.45, 7) is 2.37. The number of hydrogen-bond acceptors (Lipinski definition) is 2. The molecule has 0 amide bonds. The van der Waals surface area contributed by atoms with Crippen molar-refractivity contribution < 1.29 is 13.2 Å². The Morgan fingerprint density at radius 2 is 2.05 bits per heavy atom. The number of rotatable bonds is 2. The minimum Gasteiger partial charge on any atom is -0.366 e. The molecule has 1 aliphatic rings. The number of nitrogens with zero attached hydrogens (tertiary/aromatic N) is 1. The van der Waals surface area contributed by atoms with Gasteiger partial charge in [0.25, 0.3) is 0 Å². The van der Waals surface area contributed by atoms with Crippen LogP contribution in [0.3, 0.4) is 0 Å². The predicted molar refractivity (Wildman–Crippen MR) is 75.0 cm³/mol. The molecule has 0 aromatic heterocycles. The van der Waals surface area contributed by atoms with Gasteiger partial charge in [0.1, 0.15) is 0 Å². The SMILES string of the molecule is C[C@@H](N)c1ccc(N2CC=C(C(F)(F)F)CC2)c(Cl)c1. The van der Waals surface area contributed by atoms with E-state index in [0.29, 0.717) is 11.6 Å². The number of hydrogen-bond donors (Lipinski definition) is 1. The maximum Gasteiger partial charge on any atom is 0.412 e. The van der Waals surface area contributed by atoms with Crippen molar-refractivity contribution in [2.75, 3.05) is 18.0 Å². The molecule has 6 heteroatoms. The lowest BCUT2D eigenvalue weighted by atomic mass is 10.1. The average Bonchev–Trinajstić information content (AvgIpc) is 2.37. The minimum absolute atomic E-state index is 0.0190. The summed E-state index contributed by atoms with van der Waals surface area (Å²) in [5.74, 6) is 0. The molecule has 0 bridgehead atoms. The highest BCUT2D eigenvalue weighted by Gasteiger charge is 2.34. The highest BCUT2D eigenvalue weighted by Crippen LogP contribution is 2.34. The molecule has 2 N–H and O–H groups in total. The van der Waals surface area contributed by atoms with Crippen LogP contribution in [0.1, 0.15) is 24.9 Å². The third-order valence-electron chi connectivity index (χ3n) is 3.41. The molecule has 1 atom stereocenters. The van der Waals surface area contributed by atoms with Crippen LogP contribution < -0.4 is 10.6 Å². The monoisotopic (exact) mass is 304 g/mol. The zero-order chi connectivity index (χ0) is 14.9. The van der Waals surface area contributed by atoms with Gasteiger partial charge in [0, 0.05) is 24.7 Å². The lowest BCUT2D eigenvalue weighted by Crippen LogP contribution is -2.32. The lowest BCUT2D eigenvalue weighted by molar-refractivity contribution is -0.0943. The number of benzene rings is 1. The highest BCUT2D eigenvalue weighted by atomic mass is 35.5. The maximum absolute atomic E-state index is 12.6. The Labute approximate surface area is 121 Å². The largest absolute Gasteiger partial charge is 0.412 e. The number of halogens is 4. The molecule has 110 valence electrons. The van der Waals surface area contributed by atoms with Gasteiger partial charge in [-0.2, -0.15) is 13.2 Å². The Kier molecular flexibility index (Phi) is 4.30. The summed E-state index contributed by atoms with van der Waals surface area (Å²) in [5.41, 5.74) is 6.96. The Bertz CT molecular complexity index is 524. The molecule has 2 nitrogen and oxygen atoms in total. The van der Waals surface area contributed by atoms with Crippen LogP contribution in [-0.2, 0) is 0 Å². The summed E-state index contributed by atoms with van der Waals surface area (Å²) in [5, 5.41) is 0.517. The summed E-state index contributed by atoms with van der Waals surface area (Å²) < 4.78 is 37.7. The van der Waals surface area contributed by atoms with Crippen LogP contribution in [0, 0.1) is 0 Å². The van der Waals surface area contributed by atoms with Crippen molar-refractivity contribution in [2.24, 2.45) is 5.73 Å². The van der Waals surface area contributed by atoms with Crippen molar-refractivity contribution in [3.05, 3.63) is 40.4 Å². The first-order valence-corrected chi connectivity index (χ1v) is 6.73. The molecule has 1 aromatic carbocycles. The van der Waals surface area contributed by atoms with Gasteiger partial charge in [0.15, 0.2) is 0 Å². The van der Waals surface area contributed by atoms with Gasteiger partial charge in [0.2, 0.25) is 0 Å². The fourth-order valence-corrected chi connectivity index (χ4v) is 2.52. The zero-order valence-electron chi connectivity index (χ0n) is 11.0. The van der Waals surface area contributed by atoms with E-state index >= 15 is 0 Å². The normalized spacial score (nSPS) is 17.9. The van der Waals surface area contributed by atoms with E-state index in [1.54, 1.807) is 6.07 Å². The van der Waals surface area contributed by atoms with Gasteiger partial charge >= 0.3 is 6.18 Å². The van der Waals surface area contributed by atoms with Crippen LogP contribution >= 0.6 is 11.6 Å². The topological polar surface area (TPSA) is 29.3 Å². The van der Waals surface area contributed by atoms with Gasteiger partial charge in [-0.3, -0.25) is 0 Å². The van der Waals surface area contributed by atoms with Crippen LogP contribution in [0.2, 0.25) is 5.02 Å². The van der Waals surface area contributed by atoms with Crippen LogP contribution in [0.5, 0.6) is 0 Å². The molecule has 0 fully saturated rings. The second-order valence-electron chi connectivity index (χ2n) is 4.92. The van der Waals surface area contributed by atoms with Crippen molar-refractivity contribution >= 4 is 17.3 Å². The second-order valence-corrected chi connectivity index (χ2v) is 5.33. The van der Waals surface area contributed by atoms with Gasteiger partial charge < -0.3 is 10.6 Å². The summed E-state index contributed by atoms with van der Waals surface area (Å²) in [7, 11) is 0. The van der Waals surface area contributed by atoms with Crippen molar-refractivity contribution in [2.45, 2.75) is 25.6 Å². The molecule has 1 aromatic rings. The molecule has 0 aliphatic carbocycles. The van der Waals surface area contributed by atoms with E-state index in [0.717, 1.165) is 11.3 Å². The molecular formula is C14H16ClF3N2. The lowest BCUT2D eigenvalue weighted by Gasteiger charge is -2.30. The molecular weight excluding hydrogens is 289 g/mol. The number of alkyl halides is 3. The molecule has 20 heavy (non-hydrogen) atoms. The molecule has 1 aliphatic heterocycles. The molecule has 0 spiro atoms. The number of anilines is 1. The molecule has 1 heterocycles. The first-order chi connectivity index (χ1) is 9.29. The van der Waals surface area contributed by atoms with Crippen molar-refractivity contribution in [1.82, 2.24) is 0 Å². The van der Waals surface area contributed by atoms with Crippen LogP contribution in [0.25, 0.3) is 0 Å². The maximum atomic E-state index is 12.6. The van der Waals surface area contributed by atoms with Crippen molar-refractivity contribution in [3.63, 3.8) is 0 Å². The van der Waals surface area contributed by atoms with Crippen LogP contribution in [-0.4, -0.2) is 19.3 Å². The quantitative estimate of drug-likeness (QED) is 0.835.